The fraction of sp³-hybridized carbons (Fsp3) is 0.273. The molecule has 1 aliphatic rings. The topological polar surface area (TPSA) is 19.0 Å². The molecule has 0 bridgehead atoms. The molecule has 0 unspecified atom stereocenters. The van der Waals surface area contributed by atoms with Gasteiger partial charge in [0.15, 0.2) is 0 Å². The summed E-state index contributed by atoms with van der Waals surface area (Å²) in [6, 6.07) is 17.6. The maximum atomic E-state index is 3.34. The zero-order valence-corrected chi connectivity index (χ0v) is 14.3. The van der Waals surface area contributed by atoms with Gasteiger partial charge in [-0.2, -0.15) is 0 Å². The minimum atomic E-state index is 1.06. The van der Waals surface area contributed by atoms with Gasteiger partial charge in [-0.3, -0.25) is 4.90 Å². The average molecular weight is 316 g/mol. The quantitative estimate of drug-likeness (QED) is 0.732. The minimum absolute atomic E-state index is 1.06. The summed E-state index contributed by atoms with van der Waals surface area (Å²) < 4.78 is 0. The maximum absolute atomic E-state index is 3.34. The number of rotatable bonds is 4. The van der Waals surface area contributed by atoms with Crippen molar-refractivity contribution >= 4 is 16.5 Å². The normalized spacial score (nSPS) is 15.6. The van der Waals surface area contributed by atoms with E-state index < -0.39 is 0 Å². The molecule has 2 nitrogen and oxygen atoms in total. The number of H-pyrrole nitrogens is 1. The van der Waals surface area contributed by atoms with Crippen LogP contribution in [0.4, 0.5) is 0 Å². The van der Waals surface area contributed by atoms with E-state index in [4.69, 9.17) is 0 Å². The molecule has 0 spiro atoms. The lowest BCUT2D eigenvalue weighted by Crippen LogP contribution is -2.30. The highest BCUT2D eigenvalue weighted by atomic mass is 15.1. The molecule has 0 aliphatic carbocycles. The molecule has 1 aliphatic heterocycles. The Kier molecular flexibility index (Phi) is 4.22. The molecule has 3 aromatic rings. The van der Waals surface area contributed by atoms with Crippen molar-refractivity contribution in [1.82, 2.24) is 9.88 Å². The van der Waals surface area contributed by atoms with E-state index in [1.165, 1.54) is 33.2 Å². The van der Waals surface area contributed by atoms with Gasteiger partial charge in [0.25, 0.3) is 0 Å². The van der Waals surface area contributed by atoms with Crippen molar-refractivity contribution in [3.05, 3.63) is 77.5 Å². The lowest BCUT2D eigenvalue weighted by Gasteiger charge is -2.26. The summed E-state index contributed by atoms with van der Waals surface area (Å²) in [5, 5.41) is 1.37. The number of aromatic amines is 1. The van der Waals surface area contributed by atoms with Gasteiger partial charge in [-0.15, -0.1) is 0 Å². The largest absolute Gasteiger partial charge is 0.361 e. The highest BCUT2D eigenvalue weighted by molar-refractivity contribution is 5.83. The Morgan fingerprint density at radius 3 is 2.75 bits per heavy atom. The summed E-state index contributed by atoms with van der Waals surface area (Å²) >= 11 is 0. The van der Waals surface area contributed by atoms with E-state index in [0.29, 0.717) is 0 Å². The first-order valence-corrected chi connectivity index (χ1v) is 8.83. The zero-order chi connectivity index (χ0) is 16.4. The van der Waals surface area contributed by atoms with Crippen molar-refractivity contribution in [3.63, 3.8) is 0 Å². The molecule has 0 saturated carbocycles. The number of nitrogens with one attached hydrogen (secondary N) is 1. The van der Waals surface area contributed by atoms with Crippen molar-refractivity contribution in [2.24, 2.45) is 0 Å². The van der Waals surface area contributed by atoms with Gasteiger partial charge in [0.05, 0.1) is 0 Å². The second-order valence-electron chi connectivity index (χ2n) is 6.76. The molecule has 24 heavy (non-hydrogen) atoms. The van der Waals surface area contributed by atoms with Crippen LogP contribution >= 0.6 is 0 Å². The van der Waals surface area contributed by atoms with E-state index in [-0.39, 0.29) is 0 Å². The highest BCUT2D eigenvalue weighted by Crippen LogP contribution is 2.24. The van der Waals surface area contributed by atoms with Crippen LogP contribution in [0.2, 0.25) is 0 Å². The summed E-state index contributed by atoms with van der Waals surface area (Å²) in [6.07, 6.45) is 6.71. The Labute approximate surface area is 143 Å². The predicted octanol–water partition coefficient (Wildman–Crippen LogP) is 4.81. The average Bonchev–Trinajstić information content (AvgIpc) is 3.09. The number of hydrogen-bond donors (Lipinski definition) is 1. The van der Waals surface area contributed by atoms with Crippen molar-refractivity contribution in [1.29, 1.82) is 0 Å². The molecule has 4 rings (SSSR count). The maximum Gasteiger partial charge on any atom is 0.0459 e. The van der Waals surface area contributed by atoms with Crippen molar-refractivity contribution in [3.8, 4) is 0 Å². The summed E-state index contributed by atoms with van der Waals surface area (Å²) in [7, 11) is 0. The van der Waals surface area contributed by atoms with E-state index in [0.717, 1.165) is 32.5 Å². The van der Waals surface area contributed by atoms with Gasteiger partial charge in [-0.25, -0.2) is 0 Å². The second-order valence-corrected chi connectivity index (χ2v) is 6.76. The van der Waals surface area contributed by atoms with Gasteiger partial charge in [-0.1, -0.05) is 42.5 Å². The smallest absolute Gasteiger partial charge is 0.0459 e. The molecule has 0 fully saturated rings. The van der Waals surface area contributed by atoms with Crippen LogP contribution < -0.4 is 0 Å². The van der Waals surface area contributed by atoms with Gasteiger partial charge < -0.3 is 4.98 Å². The Bertz CT molecular complexity index is 858. The van der Waals surface area contributed by atoms with Crippen molar-refractivity contribution in [2.45, 2.75) is 19.8 Å². The third-order valence-corrected chi connectivity index (χ3v) is 5.03. The molecule has 1 N–H and O–H groups in total. The first-order valence-electron chi connectivity index (χ1n) is 8.83. The summed E-state index contributed by atoms with van der Waals surface area (Å²) in [4.78, 5) is 5.90. The van der Waals surface area contributed by atoms with Gasteiger partial charge >= 0.3 is 0 Å². The van der Waals surface area contributed by atoms with Crippen LogP contribution in [0, 0.1) is 6.92 Å². The van der Waals surface area contributed by atoms with E-state index in [1.807, 2.05) is 6.20 Å². The fourth-order valence-corrected chi connectivity index (χ4v) is 3.72. The molecule has 2 heterocycles. The van der Waals surface area contributed by atoms with Gasteiger partial charge in [0, 0.05) is 36.7 Å². The Morgan fingerprint density at radius 1 is 1.08 bits per heavy atom. The van der Waals surface area contributed by atoms with Gasteiger partial charge in [0.2, 0.25) is 0 Å². The van der Waals surface area contributed by atoms with Gasteiger partial charge in [-0.05, 0) is 54.2 Å². The van der Waals surface area contributed by atoms with E-state index in [9.17, 15) is 0 Å². The third-order valence-electron chi connectivity index (χ3n) is 5.03. The monoisotopic (exact) mass is 316 g/mol. The molecule has 0 atom stereocenters. The molecule has 2 aromatic carbocycles. The molecule has 0 amide bonds. The molecule has 122 valence electrons. The fourth-order valence-electron chi connectivity index (χ4n) is 3.72. The molecule has 2 heteroatoms. The number of nitrogens with zero attached hydrogens (tertiary/aromatic N) is 1. The lowest BCUT2D eigenvalue weighted by atomic mass is 9.99. The number of aromatic nitrogens is 1. The van der Waals surface area contributed by atoms with Crippen LogP contribution in [0.15, 0.2) is 60.8 Å². The number of benzene rings is 2. The lowest BCUT2D eigenvalue weighted by molar-refractivity contribution is 0.306. The van der Waals surface area contributed by atoms with Gasteiger partial charge in [0.1, 0.15) is 0 Å². The van der Waals surface area contributed by atoms with E-state index in [2.05, 4.69) is 71.4 Å². The van der Waals surface area contributed by atoms with Crippen LogP contribution in [-0.4, -0.2) is 29.5 Å². The Morgan fingerprint density at radius 2 is 1.96 bits per heavy atom. The van der Waals surface area contributed by atoms with Crippen LogP contribution in [-0.2, 0) is 6.42 Å². The summed E-state index contributed by atoms with van der Waals surface area (Å²) in [5.74, 6) is 0. The molecule has 1 aromatic heterocycles. The Balaban J connectivity index is 1.42. The standard InChI is InChI=1S/C22H24N2/c1-17-15-20(21-7-11-23-22(21)16-17)10-14-24-12-8-19(9-13-24)18-5-3-2-4-6-18/h2-8,11,15-16,23H,9-10,12-14H2,1H3. The highest BCUT2D eigenvalue weighted by Gasteiger charge is 2.13. The van der Waals surface area contributed by atoms with Crippen LogP contribution in [0.25, 0.3) is 16.5 Å². The van der Waals surface area contributed by atoms with E-state index >= 15 is 0 Å². The number of aryl methyl sites for hydroxylation is 1. The zero-order valence-electron chi connectivity index (χ0n) is 14.3. The summed E-state index contributed by atoms with van der Waals surface area (Å²) in [5.41, 5.74) is 6.93. The van der Waals surface area contributed by atoms with Crippen molar-refractivity contribution in [2.75, 3.05) is 19.6 Å². The molecule has 0 radical (unpaired) electrons. The van der Waals surface area contributed by atoms with Crippen LogP contribution in [0.5, 0.6) is 0 Å². The van der Waals surface area contributed by atoms with Crippen LogP contribution in [0.3, 0.4) is 0 Å². The number of hydrogen-bond acceptors (Lipinski definition) is 1. The number of fused-ring (bicyclic) bond motifs is 1. The third kappa shape index (κ3) is 3.15. The first kappa shape index (κ1) is 15.2. The SMILES string of the molecule is Cc1cc(CCN2CC=C(c3ccccc3)CC2)c2cc[nH]c2c1. The van der Waals surface area contributed by atoms with Crippen molar-refractivity contribution < 1.29 is 0 Å². The first-order chi connectivity index (χ1) is 11.8. The van der Waals surface area contributed by atoms with E-state index in [1.54, 1.807) is 0 Å². The predicted molar refractivity (Wildman–Crippen MR) is 102 cm³/mol. The molecular weight excluding hydrogens is 292 g/mol. The Hall–Kier alpha value is -2.32. The molecule has 0 saturated heterocycles. The van der Waals surface area contributed by atoms with Crippen LogP contribution in [0.1, 0.15) is 23.1 Å². The molecular formula is C22H24N2. The second kappa shape index (κ2) is 6.66. The summed E-state index contributed by atoms with van der Waals surface area (Å²) in [6.45, 7) is 5.52. The minimum Gasteiger partial charge on any atom is -0.361 e.